The van der Waals surface area contributed by atoms with E-state index in [9.17, 15) is 4.79 Å². The Labute approximate surface area is 122 Å². The van der Waals surface area contributed by atoms with Crippen LogP contribution in [0.5, 0.6) is 11.5 Å². The first-order chi connectivity index (χ1) is 9.74. The average molecular weight is 292 g/mol. The third-order valence-electron chi connectivity index (χ3n) is 2.60. The topological polar surface area (TPSA) is 48.4 Å². The fraction of sp³-hybridized carbons (Fsp3) is 0.200. The Bertz CT molecular complexity index is 587. The molecule has 1 heterocycles. The average Bonchev–Trinajstić information content (AvgIpc) is 2.47. The first-order valence-electron chi connectivity index (χ1n) is 6.17. The summed E-state index contributed by atoms with van der Waals surface area (Å²) in [4.78, 5) is 14.8. The number of rotatable bonds is 6. The highest BCUT2D eigenvalue weighted by Gasteiger charge is 2.12. The molecule has 104 valence electrons. The summed E-state index contributed by atoms with van der Waals surface area (Å²) in [5, 5.41) is 0.354. The van der Waals surface area contributed by atoms with Gasteiger partial charge in [0.05, 0.1) is 11.6 Å². The molecule has 0 saturated carbocycles. The molecule has 0 aliphatic carbocycles. The first-order valence-corrected chi connectivity index (χ1v) is 6.55. The van der Waals surface area contributed by atoms with Crippen molar-refractivity contribution in [3.63, 3.8) is 0 Å². The van der Waals surface area contributed by atoms with Gasteiger partial charge in [-0.2, -0.15) is 0 Å². The van der Waals surface area contributed by atoms with Gasteiger partial charge in [-0.25, -0.2) is 0 Å². The predicted molar refractivity (Wildman–Crippen MR) is 76.6 cm³/mol. The summed E-state index contributed by atoms with van der Waals surface area (Å²) in [6, 6.07) is 6.88. The second kappa shape index (κ2) is 6.91. The van der Waals surface area contributed by atoms with Gasteiger partial charge >= 0.3 is 0 Å². The van der Waals surface area contributed by atoms with E-state index in [1.807, 2.05) is 19.1 Å². The highest BCUT2D eigenvalue weighted by Crippen LogP contribution is 2.36. The number of benzene rings is 1. The molecule has 1 aromatic heterocycles. The van der Waals surface area contributed by atoms with Crippen LogP contribution in [0.25, 0.3) is 0 Å². The van der Waals surface area contributed by atoms with Crippen LogP contribution in [0.1, 0.15) is 22.8 Å². The minimum absolute atomic E-state index is 0.350. The predicted octanol–water partition coefficient (Wildman–Crippen LogP) is 3.53. The number of aldehydes is 1. The second-order valence-electron chi connectivity index (χ2n) is 4.02. The molecule has 0 bridgehead atoms. The second-order valence-corrected chi connectivity index (χ2v) is 4.43. The molecule has 2 rings (SSSR count). The minimum Gasteiger partial charge on any atom is -0.490 e. The molecule has 0 radical (unpaired) electrons. The van der Waals surface area contributed by atoms with E-state index < -0.39 is 0 Å². The summed E-state index contributed by atoms with van der Waals surface area (Å²) in [6.45, 7) is 2.67. The van der Waals surface area contributed by atoms with Crippen molar-refractivity contribution in [2.45, 2.75) is 13.5 Å². The summed E-state index contributed by atoms with van der Waals surface area (Å²) >= 11 is 6.14. The molecular formula is C15H14ClNO3. The third-order valence-corrected chi connectivity index (χ3v) is 2.88. The van der Waals surface area contributed by atoms with Crippen molar-refractivity contribution in [3.05, 3.63) is 52.8 Å². The van der Waals surface area contributed by atoms with Crippen LogP contribution in [-0.2, 0) is 6.61 Å². The Morgan fingerprint density at radius 3 is 2.65 bits per heavy atom. The third kappa shape index (κ3) is 3.48. The molecule has 0 aliphatic heterocycles. The van der Waals surface area contributed by atoms with E-state index >= 15 is 0 Å². The van der Waals surface area contributed by atoms with Gasteiger partial charge in [0.2, 0.25) is 0 Å². The molecule has 0 spiro atoms. The van der Waals surface area contributed by atoms with Crippen LogP contribution >= 0.6 is 11.6 Å². The number of nitrogens with zero attached hydrogens (tertiary/aromatic N) is 1. The number of pyridine rings is 1. The van der Waals surface area contributed by atoms with Gasteiger partial charge in [-0.15, -0.1) is 0 Å². The zero-order chi connectivity index (χ0) is 14.4. The van der Waals surface area contributed by atoms with Crippen molar-refractivity contribution < 1.29 is 14.3 Å². The van der Waals surface area contributed by atoms with Crippen molar-refractivity contribution in [1.29, 1.82) is 0 Å². The van der Waals surface area contributed by atoms with Crippen molar-refractivity contribution in [2.75, 3.05) is 6.61 Å². The Hall–Kier alpha value is -2.07. The fourth-order valence-corrected chi connectivity index (χ4v) is 1.97. The standard InChI is InChI=1S/C15H14ClNO3/c1-2-19-14-8-12(9-18)7-13(16)15(14)20-10-11-3-5-17-6-4-11/h3-9H,2,10H2,1H3. The molecule has 0 aliphatic rings. The van der Waals surface area contributed by atoms with Crippen LogP contribution in [0.15, 0.2) is 36.7 Å². The van der Waals surface area contributed by atoms with Gasteiger partial charge in [-0.1, -0.05) is 11.6 Å². The molecule has 0 amide bonds. The number of hydrogen-bond acceptors (Lipinski definition) is 4. The van der Waals surface area contributed by atoms with Crippen molar-refractivity contribution in [1.82, 2.24) is 4.98 Å². The minimum atomic E-state index is 0.350. The number of hydrogen-bond donors (Lipinski definition) is 0. The zero-order valence-electron chi connectivity index (χ0n) is 11.0. The van der Waals surface area contributed by atoms with Crippen LogP contribution < -0.4 is 9.47 Å². The molecule has 0 atom stereocenters. The van der Waals surface area contributed by atoms with Gasteiger partial charge < -0.3 is 9.47 Å². The monoisotopic (exact) mass is 291 g/mol. The largest absolute Gasteiger partial charge is 0.490 e. The van der Waals surface area contributed by atoms with Crippen LogP contribution in [0.4, 0.5) is 0 Å². The lowest BCUT2D eigenvalue weighted by molar-refractivity contribution is 0.112. The molecule has 4 nitrogen and oxygen atoms in total. The van der Waals surface area contributed by atoms with Crippen LogP contribution in [0, 0.1) is 0 Å². The smallest absolute Gasteiger partial charge is 0.180 e. The van der Waals surface area contributed by atoms with Crippen LogP contribution in [0.3, 0.4) is 0 Å². The molecular weight excluding hydrogens is 278 g/mol. The van der Waals surface area contributed by atoms with E-state index in [-0.39, 0.29) is 0 Å². The van der Waals surface area contributed by atoms with Gasteiger partial charge in [0, 0.05) is 18.0 Å². The van der Waals surface area contributed by atoms with E-state index in [1.54, 1.807) is 24.5 Å². The SMILES string of the molecule is CCOc1cc(C=O)cc(Cl)c1OCc1ccncc1. The molecule has 0 unspecified atom stereocenters. The highest BCUT2D eigenvalue weighted by molar-refractivity contribution is 6.32. The number of halogens is 1. The van der Waals surface area contributed by atoms with Gasteiger partial charge in [0.1, 0.15) is 12.9 Å². The molecule has 0 fully saturated rings. The Kier molecular flexibility index (Phi) is 4.96. The zero-order valence-corrected chi connectivity index (χ0v) is 11.8. The fourth-order valence-electron chi connectivity index (χ4n) is 1.69. The van der Waals surface area contributed by atoms with Crippen molar-refractivity contribution >= 4 is 17.9 Å². The first kappa shape index (κ1) is 14.3. The molecule has 2 aromatic rings. The summed E-state index contributed by atoms with van der Waals surface area (Å²) in [6.07, 6.45) is 4.11. The van der Waals surface area contributed by atoms with E-state index in [0.29, 0.717) is 35.3 Å². The molecule has 5 heteroatoms. The molecule has 20 heavy (non-hydrogen) atoms. The molecule has 0 saturated heterocycles. The quantitative estimate of drug-likeness (QED) is 0.764. The number of ether oxygens (including phenoxy) is 2. The Morgan fingerprint density at radius 1 is 1.25 bits per heavy atom. The maximum Gasteiger partial charge on any atom is 0.180 e. The Morgan fingerprint density at radius 2 is 2.00 bits per heavy atom. The van der Waals surface area contributed by atoms with E-state index in [2.05, 4.69) is 4.98 Å². The summed E-state index contributed by atoms with van der Waals surface area (Å²) in [7, 11) is 0. The lowest BCUT2D eigenvalue weighted by Crippen LogP contribution is -2.01. The van der Waals surface area contributed by atoms with Gasteiger partial charge in [-0.05, 0) is 36.8 Å². The lowest BCUT2D eigenvalue weighted by Gasteiger charge is -2.14. The summed E-state index contributed by atoms with van der Waals surface area (Å²) in [5.74, 6) is 0.909. The van der Waals surface area contributed by atoms with E-state index in [4.69, 9.17) is 21.1 Å². The Balaban J connectivity index is 2.23. The van der Waals surface area contributed by atoms with Gasteiger partial charge in [0.15, 0.2) is 11.5 Å². The maximum atomic E-state index is 10.8. The number of aromatic nitrogens is 1. The number of carbonyl (C=O) groups is 1. The summed E-state index contributed by atoms with van der Waals surface area (Å²) in [5.41, 5.74) is 1.42. The van der Waals surface area contributed by atoms with Crippen molar-refractivity contribution in [3.8, 4) is 11.5 Å². The van der Waals surface area contributed by atoms with Gasteiger partial charge in [-0.3, -0.25) is 9.78 Å². The van der Waals surface area contributed by atoms with Crippen LogP contribution in [0.2, 0.25) is 5.02 Å². The molecule has 1 aromatic carbocycles. The van der Waals surface area contributed by atoms with Gasteiger partial charge in [0.25, 0.3) is 0 Å². The summed E-state index contributed by atoms with van der Waals surface area (Å²) < 4.78 is 11.2. The van der Waals surface area contributed by atoms with Crippen LogP contribution in [-0.4, -0.2) is 17.9 Å². The van der Waals surface area contributed by atoms with Crippen molar-refractivity contribution in [2.24, 2.45) is 0 Å². The number of carbonyl (C=O) groups excluding carboxylic acids is 1. The maximum absolute atomic E-state index is 10.8. The lowest BCUT2D eigenvalue weighted by atomic mass is 10.2. The molecule has 0 N–H and O–H groups in total. The normalized spacial score (nSPS) is 10.1. The highest BCUT2D eigenvalue weighted by atomic mass is 35.5. The van der Waals surface area contributed by atoms with E-state index in [0.717, 1.165) is 11.8 Å². The van der Waals surface area contributed by atoms with E-state index in [1.165, 1.54) is 0 Å².